The highest BCUT2D eigenvalue weighted by Gasteiger charge is 2.38. The number of hydrogen-bond donors (Lipinski definition) is 4. The molecule has 2 rings (SSSR count). The standard InChI is InChI=1S/C17H21F3N4O5/c18-17(19,20)15(27)22-6-4-2-1-3-5-10-8-24(16(28)23-14(10)21)13-7-11(26)12(9-25)29-13/h8,11-13,25-26H,1-2,4,6-7,9H2,(H,22,27)(H2,21,23,28). The molecule has 1 aliphatic heterocycles. The van der Waals surface area contributed by atoms with Gasteiger partial charge in [-0.15, -0.1) is 0 Å². The van der Waals surface area contributed by atoms with Crippen LogP contribution in [0, 0.1) is 11.8 Å². The van der Waals surface area contributed by atoms with Crippen molar-refractivity contribution in [3.63, 3.8) is 0 Å². The predicted octanol–water partition coefficient (Wildman–Crippen LogP) is -0.334. The molecule has 9 nitrogen and oxygen atoms in total. The van der Waals surface area contributed by atoms with Gasteiger partial charge in [0.2, 0.25) is 0 Å². The van der Waals surface area contributed by atoms with Crippen LogP contribution >= 0.6 is 0 Å². The zero-order valence-corrected chi connectivity index (χ0v) is 15.3. The van der Waals surface area contributed by atoms with Gasteiger partial charge in [-0.25, -0.2) is 4.79 Å². The van der Waals surface area contributed by atoms with Gasteiger partial charge >= 0.3 is 17.8 Å². The second-order valence-electron chi connectivity index (χ2n) is 6.36. The normalized spacial score (nSPS) is 21.5. The summed E-state index contributed by atoms with van der Waals surface area (Å²) in [6.07, 6.45) is -4.95. The summed E-state index contributed by atoms with van der Waals surface area (Å²) in [4.78, 5) is 26.4. The van der Waals surface area contributed by atoms with Crippen LogP contribution in [0.4, 0.5) is 19.0 Å². The number of carbonyl (C=O) groups excluding carboxylic acids is 1. The molecule has 1 aromatic rings. The summed E-state index contributed by atoms with van der Waals surface area (Å²) in [6, 6.07) is 0. The first kappa shape index (κ1) is 22.7. The number of nitrogens with one attached hydrogen (secondary N) is 1. The maximum absolute atomic E-state index is 12.0. The van der Waals surface area contributed by atoms with Gasteiger partial charge in [-0.1, -0.05) is 11.8 Å². The second kappa shape index (κ2) is 9.73. The number of anilines is 1. The van der Waals surface area contributed by atoms with Crippen molar-refractivity contribution in [2.75, 3.05) is 18.9 Å². The van der Waals surface area contributed by atoms with Crippen LogP contribution in [0.2, 0.25) is 0 Å². The molecule has 3 atom stereocenters. The van der Waals surface area contributed by atoms with Crippen molar-refractivity contribution in [3.05, 3.63) is 22.2 Å². The maximum Gasteiger partial charge on any atom is 0.471 e. The predicted molar refractivity (Wildman–Crippen MR) is 94.3 cm³/mol. The van der Waals surface area contributed by atoms with E-state index in [2.05, 4.69) is 16.8 Å². The molecule has 1 fully saturated rings. The van der Waals surface area contributed by atoms with Crippen LogP contribution in [0.5, 0.6) is 0 Å². The molecule has 0 saturated carbocycles. The number of alkyl halides is 3. The molecule has 5 N–H and O–H groups in total. The molecular weight excluding hydrogens is 397 g/mol. The molecule has 0 bridgehead atoms. The second-order valence-corrected chi connectivity index (χ2v) is 6.36. The number of ether oxygens (including phenoxy) is 1. The van der Waals surface area contributed by atoms with Crippen molar-refractivity contribution in [1.82, 2.24) is 14.9 Å². The summed E-state index contributed by atoms with van der Waals surface area (Å²) in [5.41, 5.74) is 5.25. The molecule has 3 unspecified atom stereocenters. The zero-order chi connectivity index (χ0) is 21.6. The zero-order valence-electron chi connectivity index (χ0n) is 15.3. The number of nitrogens with zero attached hydrogens (tertiary/aromatic N) is 2. The van der Waals surface area contributed by atoms with E-state index < -0.39 is 42.8 Å². The lowest BCUT2D eigenvalue weighted by molar-refractivity contribution is -0.173. The minimum absolute atomic E-state index is 0.0894. The van der Waals surface area contributed by atoms with E-state index in [-0.39, 0.29) is 24.3 Å². The quantitative estimate of drug-likeness (QED) is 0.366. The minimum atomic E-state index is -4.90. The van der Waals surface area contributed by atoms with E-state index in [9.17, 15) is 27.9 Å². The Morgan fingerprint density at radius 3 is 2.79 bits per heavy atom. The van der Waals surface area contributed by atoms with E-state index in [0.717, 1.165) is 4.57 Å². The summed E-state index contributed by atoms with van der Waals surface area (Å²) in [7, 11) is 0. The molecule has 1 aliphatic rings. The van der Waals surface area contributed by atoms with Gasteiger partial charge in [0.25, 0.3) is 0 Å². The molecule has 1 amide bonds. The number of halogens is 3. The van der Waals surface area contributed by atoms with Gasteiger partial charge < -0.3 is 26.0 Å². The fourth-order valence-electron chi connectivity index (χ4n) is 2.63. The first-order chi connectivity index (χ1) is 13.6. The number of nitrogen functional groups attached to an aromatic ring is 1. The Balaban J connectivity index is 1.92. The monoisotopic (exact) mass is 418 g/mol. The lowest BCUT2D eigenvalue weighted by Crippen LogP contribution is -2.37. The summed E-state index contributed by atoms with van der Waals surface area (Å²) >= 11 is 0. The highest BCUT2D eigenvalue weighted by molar-refractivity contribution is 5.81. The molecule has 0 radical (unpaired) electrons. The molecule has 12 heteroatoms. The number of amides is 1. The van der Waals surface area contributed by atoms with Crippen molar-refractivity contribution in [2.24, 2.45) is 0 Å². The van der Waals surface area contributed by atoms with Gasteiger partial charge in [0.1, 0.15) is 18.1 Å². The Labute approximate surface area is 163 Å². The van der Waals surface area contributed by atoms with Crippen LogP contribution < -0.4 is 16.7 Å². The van der Waals surface area contributed by atoms with Crippen LogP contribution in [-0.4, -0.2) is 57.2 Å². The molecule has 1 saturated heterocycles. The van der Waals surface area contributed by atoms with Gasteiger partial charge in [0, 0.05) is 25.6 Å². The van der Waals surface area contributed by atoms with E-state index in [4.69, 9.17) is 15.6 Å². The third-order valence-corrected chi connectivity index (χ3v) is 4.17. The SMILES string of the molecule is Nc1nc(=O)n(C2CC(O)C(CO)O2)cc1C#CCCCCNC(=O)C(F)(F)F. The highest BCUT2D eigenvalue weighted by atomic mass is 19.4. The van der Waals surface area contributed by atoms with E-state index >= 15 is 0 Å². The molecule has 0 aliphatic carbocycles. The van der Waals surface area contributed by atoms with E-state index in [0.29, 0.717) is 19.3 Å². The summed E-state index contributed by atoms with van der Waals surface area (Å²) < 4.78 is 42.6. The van der Waals surface area contributed by atoms with Crippen molar-refractivity contribution >= 4 is 11.7 Å². The Kier molecular flexibility index (Phi) is 7.60. The number of aromatic nitrogens is 2. The molecule has 2 heterocycles. The number of aliphatic hydroxyl groups excluding tert-OH is 2. The van der Waals surface area contributed by atoms with E-state index in [1.165, 1.54) is 6.20 Å². The lowest BCUT2D eigenvalue weighted by atomic mass is 10.2. The van der Waals surface area contributed by atoms with Crippen molar-refractivity contribution in [2.45, 2.75) is 50.3 Å². The van der Waals surface area contributed by atoms with Crippen molar-refractivity contribution < 1.29 is 32.9 Å². The number of rotatable bonds is 6. The average Bonchev–Trinajstić information content (AvgIpc) is 3.01. The third-order valence-electron chi connectivity index (χ3n) is 4.17. The molecule has 1 aromatic heterocycles. The van der Waals surface area contributed by atoms with E-state index in [1.54, 1.807) is 5.32 Å². The lowest BCUT2D eigenvalue weighted by Gasteiger charge is -2.15. The number of hydrogen-bond acceptors (Lipinski definition) is 7. The maximum atomic E-state index is 12.0. The van der Waals surface area contributed by atoms with Gasteiger partial charge in [0.05, 0.1) is 18.3 Å². The average molecular weight is 418 g/mol. The molecule has 160 valence electrons. The molecule has 0 aromatic carbocycles. The van der Waals surface area contributed by atoms with Gasteiger partial charge in [0.15, 0.2) is 0 Å². The van der Waals surface area contributed by atoms with Gasteiger partial charge in [-0.05, 0) is 12.8 Å². The van der Waals surface area contributed by atoms with E-state index in [1.807, 2.05) is 0 Å². The van der Waals surface area contributed by atoms with Gasteiger partial charge in [-0.3, -0.25) is 9.36 Å². The molecule has 0 spiro atoms. The highest BCUT2D eigenvalue weighted by Crippen LogP contribution is 2.27. The Morgan fingerprint density at radius 1 is 1.45 bits per heavy atom. The smallest absolute Gasteiger partial charge is 0.394 e. The summed E-state index contributed by atoms with van der Waals surface area (Å²) in [5.74, 6) is 3.44. The summed E-state index contributed by atoms with van der Waals surface area (Å²) in [6.45, 7) is -0.521. The van der Waals surface area contributed by atoms with Crippen LogP contribution in [0.1, 0.15) is 37.5 Å². The third kappa shape index (κ3) is 6.18. The topological polar surface area (TPSA) is 140 Å². The number of carbonyl (C=O) groups is 1. The summed E-state index contributed by atoms with van der Waals surface area (Å²) in [5, 5.41) is 20.7. The number of aliphatic hydroxyl groups is 2. The fourth-order valence-corrected chi connectivity index (χ4v) is 2.63. The van der Waals surface area contributed by atoms with Crippen molar-refractivity contribution in [3.8, 4) is 11.8 Å². The van der Waals surface area contributed by atoms with Crippen molar-refractivity contribution in [1.29, 1.82) is 0 Å². The fraction of sp³-hybridized carbons (Fsp3) is 0.588. The largest absolute Gasteiger partial charge is 0.471 e. The minimum Gasteiger partial charge on any atom is -0.394 e. The molecule has 29 heavy (non-hydrogen) atoms. The first-order valence-corrected chi connectivity index (χ1v) is 8.80. The Hall–Kier alpha value is -2.62. The number of nitrogens with two attached hydrogens (primary N) is 1. The Morgan fingerprint density at radius 2 is 2.17 bits per heavy atom. The van der Waals surface area contributed by atoms with Crippen LogP contribution in [0.15, 0.2) is 11.0 Å². The number of unbranched alkanes of at least 4 members (excludes halogenated alkanes) is 2. The van der Waals surface area contributed by atoms with Crippen LogP contribution in [0.3, 0.4) is 0 Å². The molecular formula is C17H21F3N4O5. The van der Waals surface area contributed by atoms with Gasteiger partial charge in [-0.2, -0.15) is 18.2 Å². The first-order valence-electron chi connectivity index (χ1n) is 8.80. The van der Waals surface area contributed by atoms with Crippen LogP contribution in [-0.2, 0) is 9.53 Å². The van der Waals surface area contributed by atoms with Crippen LogP contribution in [0.25, 0.3) is 0 Å². The Bertz CT molecular complexity index is 846.